The van der Waals surface area contributed by atoms with E-state index in [4.69, 9.17) is 5.11 Å². The molecule has 1 aliphatic rings. The fraction of sp³-hybridized carbons (Fsp3) is 0.455. The summed E-state index contributed by atoms with van der Waals surface area (Å²) < 4.78 is 1.31. The number of hydrogen-bond donors (Lipinski definition) is 2. The van der Waals surface area contributed by atoms with Gasteiger partial charge in [-0.1, -0.05) is 0 Å². The fourth-order valence-corrected chi connectivity index (χ4v) is 2.27. The van der Waals surface area contributed by atoms with Crippen LogP contribution < -0.4 is 5.56 Å². The zero-order valence-electron chi connectivity index (χ0n) is 9.64. The van der Waals surface area contributed by atoms with E-state index < -0.39 is 5.97 Å². The Morgan fingerprint density at radius 3 is 3.00 bits per heavy atom. The van der Waals surface area contributed by atoms with E-state index in [1.165, 1.54) is 4.52 Å². The molecule has 2 N–H and O–H groups in total. The summed E-state index contributed by atoms with van der Waals surface area (Å²) in [7, 11) is 0. The van der Waals surface area contributed by atoms with Crippen LogP contribution in [0.1, 0.15) is 29.9 Å². The molecular weight excluding hydrogens is 236 g/mol. The van der Waals surface area contributed by atoms with Crippen LogP contribution in [0.25, 0.3) is 5.78 Å². The number of nitrogens with one attached hydrogen (secondary N) is 1. The summed E-state index contributed by atoms with van der Waals surface area (Å²) in [5, 5.41) is 11.4. The number of aliphatic carboxylic acids is 1. The van der Waals surface area contributed by atoms with Gasteiger partial charge in [0, 0.05) is 12.0 Å². The summed E-state index contributed by atoms with van der Waals surface area (Å²) in [6.07, 6.45) is 2.78. The lowest BCUT2D eigenvalue weighted by Gasteiger charge is -1.96. The van der Waals surface area contributed by atoms with E-state index in [1.807, 2.05) is 0 Å². The van der Waals surface area contributed by atoms with Crippen molar-refractivity contribution in [2.75, 3.05) is 0 Å². The van der Waals surface area contributed by atoms with Gasteiger partial charge in [-0.3, -0.25) is 14.7 Å². The van der Waals surface area contributed by atoms with Crippen molar-refractivity contribution in [3.8, 4) is 0 Å². The first-order valence-electron chi connectivity index (χ1n) is 5.86. The van der Waals surface area contributed by atoms with Crippen LogP contribution >= 0.6 is 0 Å². The molecule has 0 unspecified atom stereocenters. The number of rotatable bonds is 3. The van der Waals surface area contributed by atoms with Gasteiger partial charge in [0.2, 0.25) is 0 Å². The minimum absolute atomic E-state index is 0.0196. The van der Waals surface area contributed by atoms with Crippen molar-refractivity contribution in [3.05, 3.63) is 27.4 Å². The average molecular weight is 248 g/mol. The Bertz CT molecular complexity index is 685. The van der Waals surface area contributed by atoms with Crippen molar-refractivity contribution in [1.82, 2.24) is 19.6 Å². The number of aromatic nitrogens is 4. The van der Waals surface area contributed by atoms with Crippen LogP contribution in [-0.4, -0.2) is 30.7 Å². The van der Waals surface area contributed by atoms with Crippen LogP contribution in [0, 0.1) is 0 Å². The van der Waals surface area contributed by atoms with Crippen LogP contribution in [0.4, 0.5) is 0 Å². The van der Waals surface area contributed by atoms with E-state index in [-0.39, 0.29) is 18.4 Å². The molecule has 0 spiro atoms. The number of carboxylic acid groups (broad SMARTS) is 1. The molecule has 0 aliphatic heterocycles. The van der Waals surface area contributed by atoms with Crippen molar-refractivity contribution in [3.63, 3.8) is 0 Å². The highest BCUT2D eigenvalue weighted by Gasteiger charge is 2.19. The van der Waals surface area contributed by atoms with Crippen LogP contribution in [0.15, 0.2) is 4.79 Å². The molecule has 0 fully saturated rings. The maximum absolute atomic E-state index is 12.1. The molecule has 0 amide bonds. The molecule has 1 aliphatic carbocycles. The fourth-order valence-electron chi connectivity index (χ4n) is 2.27. The van der Waals surface area contributed by atoms with Gasteiger partial charge < -0.3 is 5.11 Å². The molecule has 18 heavy (non-hydrogen) atoms. The lowest BCUT2D eigenvalue weighted by molar-refractivity contribution is -0.137. The molecule has 0 bridgehead atoms. The standard InChI is InChI=1S/C11H12N4O3/c16-9(17)5-4-8-13-11-12-7-3-1-2-6(7)10(18)15(11)14-8/h1-5H2,(H,16,17)(H,12,13,14). The molecule has 7 heteroatoms. The van der Waals surface area contributed by atoms with Gasteiger partial charge in [0.15, 0.2) is 0 Å². The van der Waals surface area contributed by atoms with Crippen molar-refractivity contribution in [1.29, 1.82) is 0 Å². The Balaban J connectivity index is 2.05. The van der Waals surface area contributed by atoms with Gasteiger partial charge >= 0.3 is 5.97 Å². The summed E-state index contributed by atoms with van der Waals surface area (Å²) >= 11 is 0. The Morgan fingerprint density at radius 1 is 1.39 bits per heavy atom. The number of hydrogen-bond acceptors (Lipinski definition) is 4. The van der Waals surface area contributed by atoms with Gasteiger partial charge in [0.1, 0.15) is 5.82 Å². The molecule has 0 atom stereocenters. The van der Waals surface area contributed by atoms with E-state index in [9.17, 15) is 9.59 Å². The highest BCUT2D eigenvalue weighted by molar-refractivity contribution is 5.66. The SMILES string of the molecule is O=C(O)CCc1nc2nc3c(c(=O)n2[nH]1)CCC3. The molecule has 0 radical (unpaired) electrons. The molecule has 3 rings (SSSR count). The van der Waals surface area contributed by atoms with Gasteiger partial charge in [0.05, 0.1) is 12.1 Å². The lowest BCUT2D eigenvalue weighted by atomic mass is 10.3. The quantitative estimate of drug-likeness (QED) is 0.791. The van der Waals surface area contributed by atoms with E-state index in [2.05, 4.69) is 15.1 Å². The zero-order valence-corrected chi connectivity index (χ0v) is 9.64. The number of H-pyrrole nitrogens is 1. The van der Waals surface area contributed by atoms with Crippen molar-refractivity contribution in [2.45, 2.75) is 32.1 Å². The largest absolute Gasteiger partial charge is 0.481 e. The minimum Gasteiger partial charge on any atom is -0.481 e. The average Bonchev–Trinajstić information content (AvgIpc) is 2.92. The van der Waals surface area contributed by atoms with Gasteiger partial charge in [-0.05, 0) is 19.3 Å². The van der Waals surface area contributed by atoms with Crippen LogP contribution in [0.5, 0.6) is 0 Å². The molecule has 7 nitrogen and oxygen atoms in total. The summed E-state index contributed by atoms with van der Waals surface area (Å²) in [4.78, 5) is 31.1. The highest BCUT2D eigenvalue weighted by Crippen LogP contribution is 2.16. The first-order valence-corrected chi connectivity index (χ1v) is 5.86. The topological polar surface area (TPSA) is 100 Å². The van der Waals surface area contributed by atoms with Gasteiger partial charge in [-0.2, -0.15) is 9.50 Å². The smallest absolute Gasteiger partial charge is 0.303 e. The monoisotopic (exact) mass is 248 g/mol. The number of aromatic amines is 1. The maximum Gasteiger partial charge on any atom is 0.303 e. The number of fused-ring (bicyclic) bond motifs is 2. The normalized spacial score (nSPS) is 14.0. The lowest BCUT2D eigenvalue weighted by Crippen LogP contribution is -2.20. The van der Waals surface area contributed by atoms with Crippen molar-refractivity contribution >= 4 is 11.7 Å². The molecule has 0 aromatic carbocycles. The van der Waals surface area contributed by atoms with Crippen molar-refractivity contribution in [2.24, 2.45) is 0 Å². The highest BCUT2D eigenvalue weighted by atomic mass is 16.4. The van der Waals surface area contributed by atoms with Crippen molar-refractivity contribution < 1.29 is 9.90 Å². The molecule has 2 aromatic heterocycles. The van der Waals surface area contributed by atoms with Crippen LogP contribution in [0.2, 0.25) is 0 Å². The maximum atomic E-state index is 12.1. The third-order valence-electron chi connectivity index (χ3n) is 3.14. The Hall–Kier alpha value is -2.18. The van der Waals surface area contributed by atoms with E-state index in [1.54, 1.807) is 0 Å². The molecule has 0 saturated heterocycles. The molecule has 2 aromatic rings. The third-order valence-corrected chi connectivity index (χ3v) is 3.14. The second-order valence-corrected chi connectivity index (χ2v) is 4.40. The first-order chi connectivity index (χ1) is 8.65. The number of carbonyl (C=O) groups is 1. The predicted molar refractivity (Wildman–Crippen MR) is 61.6 cm³/mol. The second-order valence-electron chi connectivity index (χ2n) is 4.40. The number of carboxylic acids is 1. The van der Waals surface area contributed by atoms with Gasteiger partial charge in [-0.25, -0.2) is 4.98 Å². The molecule has 94 valence electrons. The second kappa shape index (κ2) is 3.94. The first kappa shape index (κ1) is 10.9. The molecule has 0 saturated carbocycles. The molecular formula is C11H12N4O3. The summed E-state index contributed by atoms with van der Waals surface area (Å²) in [5.74, 6) is -0.0787. The van der Waals surface area contributed by atoms with E-state index in [0.717, 1.165) is 30.5 Å². The Kier molecular flexibility index (Phi) is 2.39. The van der Waals surface area contributed by atoms with Crippen LogP contribution in [0.3, 0.4) is 0 Å². The Morgan fingerprint density at radius 2 is 2.22 bits per heavy atom. The Labute approximate surface area is 101 Å². The number of nitrogens with zero attached hydrogens (tertiary/aromatic N) is 3. The predicted octanol–water partition coefficient (Wildman–Crippen LogP) is -0.0765. The summed E-state index contributed by atoms with van der Waals surface area (Å²) in [6, 6.07) is 0. The summed E-state index contributed by atoms with van der Waals surface area (Å²) in [5.41, 5.74) is 1.47. The van der Waals surface area contributed by atoms with Crippen LogP contribution in [-0.2, 0) is 24.1 Å². The molecule has 2 heterocycles. The van der Waals surface area contributed by atoms with Gasteiger partial charge in [-0.15, -0.1) is 0 Å². The summed E-state index contributed by atoms with van der Waals surface area (Å²) in [6.45, 7) is 0. The van der Waals surface area contributed by atoms with Gasteiger partial charge in [0.25, 0.3) is 11.3 Å². The number of aryl methyl sites for hydroxylation is 2. The minimum atomic E-state index is -0.891. The third kappa shape index (κ3) is 1.68. The van der Waals surface area contributed by atoms with E-state index >= 15 is 0 Å². The van der Waals surface area contributed by atoms with E-state index in [0.29, 0.717) is 11.6 Å². The zero-order chi connectivity index (χ0) is 12.7.